The van der Waals surface area contributed by atoms with Crippen LogP contribution in [-0.4, -0.2) is 30.4 Å². The number of benzene rings is 1. The highest BCUT2D eigenvalue weighted by Gasteiger charge is 2.41. The average Bonchev–Trinajstić information content (AvgIpc) is 2.59. The number of hydrogen-bond donors (Lipinski definition) is 1. The first-order chi connectivity index (χ1) is 11.5. The molecule has 0 unspecified atom stereocenters. The van der Waals surface area contributed by atoms with Gasteiger partial charge in [0.15, 0.2) is 0 Å². The second kappa shape index (κ2) is 7.26. The molecule has 1 aromatic rings. The third-order valence-corrected chi connectivity index (χ3v) is 6.28. The van der Waals surface area contributed by atoms with Gasteiger partial charge in [-0.3, -0.25) is 4.79 Å². The fraction of sp³-hybridized carbons (Fsp3) is 0.667. The zero-order chi connectivity index (χ0) is 17.2. The molecule has 132 valence electrons. The van der Waals surface area contributed by atoms with Gasteiger partial charge < -0.3 is 10.2 Å². The van der Waals surface area contributed by atoms with Gasteiger partial charge >= 0.3 is 0 Å². The van der Waals surface area contributed by atoms with Crippen LogP contribution in [0.1, 0.15) is 70.0 Å². The Morgan fingerprint density at radius 2 is 2.00 bits per heavy atom. The monoisotopic (exact) mass is 328 g/mol. The summed E-state index contributed by atoms with van der Waals surface area (Å²) in [4.78, 5) is 14.2. The number of fused-ring (bicyclic) bond motifs is 2. The Hall–Kier alpha value is -1.35. The van der Waals surface area contributed by atoms with Gasteiger partial charge in [0.1, 0.15) is 0 Å². The van der Waals surface area contributed by atoms with Crippen molar-refractivity contribution in [2.45, 2.75) is 64.3 Å². The molecule has 0 bridgehead atoms. The van der Waals surface area contributed by atoms with Crippen LogP contribution in [0.5, 0.6) is 0 Å². The summed E-state index contributed by atoms with van der Waals surface area (Å²) in [5, 5.41) is 3.15. The number of nitrogens with one attached hydrogen (secondary N) is 1. The lowest BCUT2D eigenvalue weighted by atomic mass is 9.63. The van der Waals surface area contributed by atoms with Gasteiger partial charge in [0.25, 0.3) is 0 Å². The molecule has 3 rings (SSSR count). The lowest BCUT2D eigenvalue weighted by molar-refractivity contribution is -0.119. The summed E-state index contributed by atoms with van der Waals surface area (Å²) in [6, 6.07) is 9.02. The molecule has 1 fully saturated rings. The molecule has 1 aliphatic carbocycles. The lowest BCUT2D eigenvalue weighted by Gasteiger charge is -2.47. The molecule has 1 amide bonds. The van der Waals surface area contributed by atoms with Gasteiger partial charge in [-0.1, -0.05) is 44.5 Å². The van der Waals surface area contributed by atoms with Gasteiger partial charge in [0.05, 0.1) is 6.04 Å². The van der Waals surface area contributed by atoms with E-state index in [1.807, 2.05) is 0 Å². The number of piperidine rings is 1. The molecule has 1 saturated heterocycles. The Kier molecular flexibility index (Phi) is 5.29. The zero-order valence-electron chi connectivity index (χ0n) is 15.5. The SMILES string of the molecule is CC[C@H](C)CN1CCC2(CC[C@H](NC(C)=O)c3ccccc32)CC1. The third kappa shape index (κ3) is 3.51. The Labute approximate surface area is 146 Å². The normalized spacial score (nSPS) is 24.4. The number of likely N-dealkylation sites (tertiary alicyclic amines) is 1. The number of hydrogen-bond acceptors (Lipinski definition) is 2. The molecule has 1 heterocycles. The highest BCUT2D eigenvalue weighted by Crippen LogP contribution is 2.47. The van der Waals surface area contributed by atoms with Crippen molar-refractivity contribution in [1.82, 2.24) is 10.2 Å². The maximum absolute atomic E-state index is 11.5. The Bertz CT molecular complexity index is 575. The number of rotatable bonds is 4. The molecular weight excluding hydrogens is 296 g/mol. The van der Waals surface area contributed by atoms with Crippen LogP contribution in [0.4, 0.5) is 0 Å². The molecule has 3 nitrogen and oxygen atoms in total. The van der Waals surface area contributed by atoms with E-state index < -0.39 is 0 Å². The smallest absolute Gasteiger partial charge is 0.217 e. The van der Waals surface area contributed by atoms with Gasteiger partial charge in [0.2, 0.25) is 5.91 Å². The van der Waals surface area contributed by atoms with Crippen LogP contribution in [0.15, 0.2) is 24.3 Å². The standard InChI is InChI=1S/C21H32N2O/c1-4-16(2)15-23-13-11-21(12-14-23)10-9-20(22-17(3)24)18-7-5-6-8-19(18)21/h5-8,16,20H,4,9-15H2,1-3H3,(H,22,24)/t16-,20-/m0/s1. The van der Waals surface area contributed by atoms with Crippen molar-refractivity contribution >= 4 is 5.91 Å². The van der Waals surface area contributed by atoms with Crippen LogP contribution in [0.3, 0.4) is 0 Å². The van der Waals surface area contributed by atoms with Gasteiger partial charge in [-0.25, -0.2) is 0 Å². The Morgan fingerprint density at radius 3 is 2.67 bits per heavy atom. The quantitative estimate of drug-likeness (QED) is 0.905. The minimum Gasteiger partial charge on any atom is -0.350 e. The summed E-state index contributed by atoms with van der Waals surface area (Å²) in [5.41, 5.74) is 3.19. The Balaban J connectivity index is 1.76. The van der Waals surface area contributed by atoms with Crippen molar-refractivity contribution in [3.8, 4) is 0 Å². The summed E-state index contributed by atoms with van der Waals surface area (Å²) >= 11 is 0. The van der Waals surface area contributed by atoms with Crippen LogP contribution in [-0.2, 0) is 10.2 Å². The molecule has 1 spiro atoms. The van der Waals surface area contributed by atoms with E-state index in [0.717, 1.165) is 12.3 Å². The van der Waals surface area contributed by atoms with Crippen molar-refractivity contribution < 1.29 is 4.79 Å². The fourth-order valence-electron chi connectivity index (χ4n) is 4.64. The molecule has 1 N–H and O–H groups in total. The lowest BCUT2D eigenvalue weighted by Crippen LogP contribution is -2.47. The van der Waals surface area contributed by atoms with E-state index in [1.165, 1.54) is 56.4 Å². The maximum Gasteiger partial charge on any atom is 0.217 e. The minimum atomic E-state index is 0.0779. The highest BCUT2D eigenvalue weighted by molar-refractivity contribution is 5.73. The Morgan fingerprint density at radius 1 is 1.29 bits per heavy atom. The molecule has 2 atom stereocenters. The molecule has 3 heteroatoms. The van der Waals surface area contributed by atoms with E-state index in [1.54, 1.807) is 6.92 Å². The van der Waals surface area contributed by atoms with Crippen molar-refractivity contribution in [2.24, 2.45) is 5.92 Å². The van der Waals surface area contributed by atoms with Crippen molar-refractivity contribution in [1.29, 1.82) is 0 Å². The number of carbonyl (C=O) groups is 1. The van der Waals surface area contributed by atoms with Crippen molar-refractivity contribution in [3.05, 3.63) is 35.4 Å². The minimum absolute atomic E-state index is 0.0779. The molecule has 0 aromatic heterocycles. The molecular formula is C21H32N2O. The first-order valence-corrected chi connectivity index (χ1v) is 9.63. The maximum atomic E-state index is 11.5. The third-order valence-electron chi connectivity index (χ3n) is 6.28. The molecule has 1 aromatic carbocycles. The van der Waals surface area contributed by atoms with E-state index in [-0.39, 0.29) is 11.9 Å². The highest BCUT2D eigenvalue weighted by atomic mass is 16.1. The average molecular weight is 329 g/mol. The number of amides is 1. The summed E-state index contributed by atoms with van der Waals surface area (Å²) < 4.78 is 0. The summed E-state index contributed by atoms with van der Waals surface area (Å²) in [6.07, 6.45) is 6.05. The number of carbonyl (C=O) groups excluding carboxylic acids is 1. The second-order valence-corrected chi connectivity index (χ2v) is 7.97. The van der Waals surface area contributed by atoms with Crippen LogP contribution in [0, 0.1) is 5.92 Å². The zero-order valence-corrected chi connectivity index (χ0v) is 15.5. The van der Waals surface area contributed by atoms with E-state index >= 15 is 0 Å². The van der Waals surface area contributed by atoms with Gasteiger partial charge in [0, 0.05) is 13.5 Å². The first kappa shape index (κ1) is 17.5. The predicted octanol–water partition coefficient (Wildman–Crippen LogP) is 4.04. The fourth-order valence-corrected chi connectivity index (χ4v) is 4.64. The molecule has 2 aliphatic rings. The molecule has 24 heavy (non-hydrogen) atoms. The van der Waals surface area contributed by atoms with E-state index in [9.17, 15) is 4.79 Å². The molecule has 1 aliphatic heterocycles. The van der Waals surface area contributed by atoms with Gasteiger partial charge in [-0.2, -0.15) is 0 Å². The summed E-state index contributed by atoms with van der Waals surface area (Å²) in [5.74, 6) is 0.871. The van der Waals surface area contributed by atoms with E-state index in [2.05, 4.69) is 48.3 Å². The van der Waals surface area contributed by atoms with Crippen LogP contribution in [0.25, 0.3) is 0 Å². The molecule has 0 radical (unpaired) electrons. The van der Waals surface area contributed by atoms with Crippen LogP contribution >= 0.6 is 0 Å². The largest absolute Gasteiger partial charge is 0.350 e. The van der Waals surface area contributed by atoms with E-state index in [0.29, 0.717) is 5.41 Å². The van der Waals surface area contributed by atoms with Crippen LogP contribution < -0.4 is 5.32 Å². The topological polar surface area (TPSA) is 32.3 Å². The summed E-state index contributed by atoms with van der Waals surface area (Å²) in [6.45, 7) is 9.93. The van der Waals surface area contributed by atoms with Crippen LogP contribution in [0.2, 0.25) is 0 Å². The van der Waals surface area contributed by atoms with Crippen molar-refractivity contribution in [2.75, 3.05) is 19.6 Å². The predicted molar refractivity (Wildman–Crippen MR) is 99.0 cm³/mol. The second-order valence-electron chi connectivity index (χ2n) is 7.97. The van der Waals surface area contributed by atoms with Gasteiger partial charge in [-0.15, -0.1) is 0 Å². The summed E-state index contributed by atoms with van der Waals surface area (Å²) in [7, 11) is 0. The molecule has 0 saturated carbocycles. The van der Waals surface area contributed by atoms with Gasteiger partial charge in [-0.05, 0) is 61.2 Å². The number of nitrogens with zero attached hydrogens (tertiary/aromatic N) is 1. The van der Waals surface area contributed by atoms with E-state index in [4.69, 9.17) is 0 Å². The first-order valence-electron chi connectivity index (χ1n) is 9.63. The van der Waals surface area contributed by atoms with Crippen molar-refractivity contribution in [3.63, 3.8) is 0 Å².